The number of hydrogen-bond donors (Lipinski definition) is 3. The number of halogens is 1. The predicted octanol–water partition coefficient (Wildman–Crippen LogP) is 2.01. The van der Waals surface area contributed by atoms with Gasteiger partial charge in [-0.3, -0.25) is 4.99 Å². The Morgan fingerprint density at radius 1 is 1.38 bits per heavy atom. The number of guanidine groups is 1. The summed E-state index contributed by atoms with van der Waals surface area (Å²) in [5.74, 6) is 1.42. The lowest BCUT2D eigenvalue weighted by Gasteiger charge is -2.24. The van der Waals surface area contributed by atoms with Crippen LogP contribution in [0, 0.1) is 11.3 Å². The summed E-state index contributed by atoms with van der Waals surface area (Å²) >= 11 is 0. The fraction of sp³-hybridized carbons (Fsp3) is 0.941. The Kier molecular flexibility index (Phi) is 14.0. The highest BCUT2D eigenvalue weighted by molar-refractivity contribution is 14.0. The van der Waals surface area contributed by atoms with Crippen molar-refractivity contribution < 1.29 is 14.6 Å². The fourth-order valence-electron chi connectivity index (χ4n) is 2.58. The molecule has 1 saturated heterocycles. The second-order valence-electron chi connectivity index (χ2n) is 6.72. The number of aliphatic imine (C=N–C) groups is 1. The summed E-state index contributed by atoms with van der Waals surface area (Å²) in [5, 5.41) is 15.9. The Labute approximate surface area is 164 Å². The second-order valence-corrected chi connectivity index (χ2v) is 6.72. The average Bonchev–Trinajstić information content (AvgIpc) is 2.97. The van der Waals surface area contributed by atoms with Crippen molar-refractivity contribution in [2.45, 2.75) is 40.0 Å². The highest BCUT2D eigenvalue weighted by Gasteiger charge is 2.34. The van der Waals surface area contributed by atoms with Crippen LogP contribution in [0.25, 0.3) is 0 Å². The van der Waals surface area contributed by atoms with E-state index >= 15 is 0 Å². The van der Waals surface area contributed by atoms with Gasteiger partial charge in [0.1, 0.15) is 0 Å². The zero-order valence-electron chi connectivity index (χ0n) is 15.5. The van der Waals surface area contributed by atoms with Gasteiger partial charge in [0, 0.05) is 44.9 Å². The molecule has 6 nitrogen and oxygen atoms in total. The molecule has 1 unspecified atom stereocenters. The molecular formula is C17H36IN3O3. The van der Waals surface area contributed by atoms with Crippen molar-refractivity contribution in [3.05, 3.63) is 0 Å². The summed E-state index contributed by atoms with van der Waals surface area (Å²) in [6.07, 6.45) is 2.68. The molecule has 0 saturated carbocycles. The molecule has 0 aliphatic carbocycles. The van der Waals surface area contributed by atoms with Crippen molar-refractivity contribution in [1.29, 1.82) is 0 Å². The quantitative estimate of drug-likeness (QED) is 0.192. The van der Waals surface area contributed by atoms with Crippen molar-refractivity contribution in [2.24, 2.45) is 16.3 Å². The van der Waals surface area contributed by atoms with Crippen LogP contribution in [0.15, 0.2) is 4.99 Å². The van der Waals surface area contributed by atoms with Crippen LogP contribution in [-0.4, -0.2) is 63.7 Å². The highest BCUT2D eigenvalue weighted by atomic mass is 127. The minimum Gasteiger partial charge on any atom is -0.396 e. The van der Waals surface area contributed by atoms with Crippen LogP contribution < -0.4 is 10.6 Å². The van der Waals surface area contributed by atoms with Crippen LogP contribution in [0.2, 0.25) is 0 Å². The molecule has 1 heterocycles. The molecule has 7 heteroatoms. The van der Waals surface area contributed by atoms with Gasteiger partial charge in [0.15, 0.2) is 5.96 Å². The molecule has 0 spiro atoms. The van der Waals surface area contributed by atoms with Gasteiger partial charge in [0.2, 0.25) is 0 Å². The monoisotopic (exact) mass is 457 g/mol. The molecule has 1 fully saturated rings. The fourth-order valence-corrected chi connectivity index (χ4v) is 2.58. The number of nitrogens with one attached hydrogen (secondary N) is 2. The van der Waals surface area contributed by atoms with Crippen LogP contribution in [-0.2, 0) is 9.47 Å². The standard InChI is InChI=1S/C17H35N3O3.HI/c1-4-18-16(19-8-5-10-22-12-15(2)3)20-13-17(6-9-21)7-11-23-14-17;/h15,21H,4-14H2,1-3H3,(H2,18,19,20);1H. The third-order valence-electron chi connectivity index (χ3n) is 3.95. The van der Waals surface area contributed by atoms with E-state index in [-0.39, 0.29) is 36.0 Å². The maximum absolute atomic E-state index is 9.27. The molecule has 24 heavy (non-hydrogen) atoms. The van der Waals surface area contributed by atoms with Gasteiger partial charge in [0.05, 0.1) is 13.2 Å². The second kappa shape index (κ2) is 14.1. The summed E-state index contributed by atoms with van der Waals surface area (Å²) < 4.78 is 11.1. The number of ether oxygens (including phenoxy) is 2. The van der Waals surface area contributed by atoms with Gasteiger partial charge < -0.3 is 25.2 Å². The lowest BCUT2D eigenvalue weighted by atomic mass is 9.84. The van der Waals surface area contributed by atoms with E-state index in [2.05, 4.69) is 31.4 Å². The minimum absolute atomic E-state index is 0. The van der Waals surface area contributed by atoms with E-state index in [1.54, 1.807) is 0 Å². The van der Waals surface area contributed by atoms with Crippen LogP contribution in [0.3, 0.4) is 0 Å². The molecule has 1 aliphatic rings. The van der Waals surface area contributed by atoms with Gasteiger partial charge in [-0.25, -0.2) is 0 Å². The summed E-state index contributed by atoms with van der Waals surface area (Å²) in [6, 6.07) is 0. The normalized spacial score (nSPS) is 21.0. The molecule has 144 valence electrons. The van der Waals surface area contributed by atoms with Gasteiger partial charge in [-0.15, -0.1) is 24.0 Å². The first-order chi connectivity index (χ1) is 11.1. The summed E-state index contributed by atoms with van der Waals surface area (Å²) in [7, 11) is 0. The van der Waals surface area contributed by atoms with Crippen LogP contribution in [0.1, 0.15) is 40.0 Å². The smallest absolute Gasteiger partial charge is 0.191 e. The van der Waals surface area contributed by atoms with E-state index < -0.39 is 0 Å². The summed E-state index contributed by atoms with van der Waals surface area (Å²) in [6.45, 7) is 12.0. The molecule has 1 atom stereocenters. The number of hydrogen-bond acceptors (Lipinski definition) is 4. The summed E-state index contributed by atoms with van der Waals surface area (Å²) in [5.41, 5.74) is -0.00250. The van der Waals surface area contributed by atoms with Gasteiger partial charge in [-0.2, -0.15) is 0 Å². The molecule has 0 amide bonds. The van der Waals surface area contributed by atoms with Crippen molar-refractivity contribution in [3.8, 4) is 0 Å². The first-order valence-corrected chi connectivity index (χ1v) is 8.90. The summed E-state index contributed by atoms with van der Waals surface area (Å²) in [4.78, 5) is 4.69. The lowest BCUT2D eigenvalue weighted by molar-refractivity contribution is 0.108. The molecule has 3 N–H and O–H groups in total. The van der Waals surface area contributed by atoms with Crippen LogP contribution >= 0.6 is 24.0 Å². The maximum atomic E-state index is 9.27. The van der Waals surface area contributed by atoms with E-state index in [0.717, 1.165) is 58.1 Å². The van der Waals surface area contributed by atoms with Crippen molar-refractivity contribution in [3.63, 3.8) is 0 Å². The van der Waals surface area contributed by atoms with Crippen LogP contribution in [0.5, 0.6) is 0 Å². The molecule has 1 aliphatic heterocycles. The third kappa shape index (κ3) is 10.0. The minimum atomic E-state index is -0.00250. The van der Waals surface area contributed by atoms with E-state index in [4.69, 9.17) is 14.5 Å². The maximum Gasteiger partial charge on any atom is 0.191 e. The van der Waals surface area contributed by atoms with E-state index in [0.29, 0.717) is 19.1 Å². The predicted molar refractivity (Wildman–Crippen MR) is 109 cm³/mol. The van der Waals surface area contributed by atoms with Gasteiger partial charge in [0.25, 0.3) is 0 Å². The third-order valence-corrected chi connectivity index (χ3v) is 3.95. The molecule has 0 bridgehead atoms. The van der Waals surface area contributed by atoms with E-state index in [9.17, 15) is 5.11 Å². The molecule has 0 aromatic heterocycles. The average molecular weight is 457 g/mol. The zero-order chi connectivity index (χ0) is 17.0. The zero-order valence-corrected chi connectivity index (χ0v) is 17.8. The Morgan fingerprint density at radius 2 is 2.17 bits per heavy atom. The highest BCUT2D eigenvalue weighted by Crippen LogP contribution is 2.32. The molecule has 0 radical (unpaired) electrons. The van der Waals surface area contributed by atoms with Gasteiger partial charge >= 0.3 is 0 Å². The van der Waals surface area contributed by atoms with E-state index in [1.807, 2.05) is 0 Å². The Balaban J connectivity index is 0.00000529. The molecule has 0 aromatic rings. The largest absolute Gasteiger partial charge is 0.396 e. The Hall–Kier alpha value is -0.120. The van der Waals surface area contributed by atoms with E-state index in [1.165, 1.54) is 0 Å². The van der Waals surface area contributed by atoms with Crippen LogP contribution in [0.4, 0.5) is 0 Å². The number of aliphatic hydroxyl groups excluding tert-OH is 1. The molecule has 1 rings (SSSR count). The first-order valence-electron chi connectivity index (χ1n) is 8.90. The Morgan fingerprint density at radius 3 is 2.75 bits per heavy atom. The van der Waals surface area contributed by atoms with Crippen molar-refractivity contribution in [2.75, 3.05) is 52.7 Å². The number of rotatable bonds is 11. The lowest BCUT2D eigenvalue weighted by Crippen LogP contribution is -2.39. The number of aliphatic hydroxyl groups is 1. The topological polar surface area (TPSA) is 75.1 Å². The van der Waals surface area contributed by atoms with Gasteiger partial charge in [-0.05, 0) is 32.1 Å². The van der Waals surface area contributed by atoms with Gasteiger partial charge in [-0.1, -0.05) is 13.8 Å². The number of nitrogens with zero attached hydrogens (tertiary/aromatic N) is 1. The van der Waals surface area contributed by atoms with Crippen molar-refractivity contribution in [1.82, 2.24) is 10.6 Å². The SMILES string of the molecule is CCNC(=NCC1(CCO)CCOC1)NCCCOCC(C)C.I. The Bertz CT molecular complexity index is 335. The molecular weight excluding hydrogens is 421 g/mol. The van der Waals surface area contributed by atoms with Crippen molar-refractivity contribution >= 4 is 29.9 Å². The first kappa shape index (κ1) is 23.9. The molecule has 0 aromatic carbocycles.